The van der Waals surface area contributed by atoms with Crippen LogP contribution in [0.4, 0.5) is 0 Å². The van der Waals surface area contributed by atoms with Crippen molar-refractivity contribution < 1.29 is 14.3 Å². The molecule has 0 bridgehead atoms. The van der Waals surface area contributed by atoms with Crippen LogP contribution in [-0.2, 0) is 4.79 Å². The van der Waals surface area contributed by atoms with E-state index in [1.54, 1.807) is 32.2 Å². The number of nitrogens with zero attached hydrogens (tertiary/aromatic N) is 4. The highest BCUT2D eigenvalue weighted by Crippen LogP contribution is 2.35. The van der Waals surface area contributed by atoms with Crippen LogP contribution in [0.3, 0.4) is 0 Å². The zero-order chi connectivity index (χ0) is 19.4. The molecule has 1 amide bonds. The highest BCUT2D eigenvalue weighted by molar-refractivity contribution is 9.10. The van der Waals surface area contributed by atoms with Gasteiger partial charge in [0.1, 0.15) is 12.1 Å². The minimum atomic E-state index is -0.505. The molecule has 0 unspecified atom stereocenters. The van der Waals surface area contributed by atoms with E-state index in [4.69, 9.17) is 9.47 Å². The van der Waals surface area contributed by atoms with Crippen molar-refractivity contribution in [2.45, 2.75) is 25.0 Å². The lowest BCUT2D eigenvalue weighted by molar-refractivity contribution is -0.126. The van der Waals surface area contributed by atoms with Crippen molar-refractivity contribution in [2.24, 2.45) is 15.4 Å². The maximum absolute atomic E-state index is 12.4. The van der Waals surface area contributed by atoms with Gasteiger partial charge in [0.2, 0.25) is 0 Å². The van der Waals surface area contributed by atoms with Crippen LogP contribution in [0.2, 0.25) is 0 Å². The summed E-state index contributed by atoms with van der Waals surface area (Å²) < 4.78 is 11.3. The summed E-state index contributed by atoms with van der Waals surface area (Å²) in [6.07, 6.45) is 9.35. The molecule has 0 spiro atoms. The number of allylic oxidation sites excluding steroid dienone is 2. The molecule has 142 valence electrons. The normalized spacial score (nSPS) is 21.4. The number of nitrogens with one attached hydrogen (secondary N) is 1. The highest BCUT2D eigenvalue weighted by atomic mass is 79.9. The molecule has 8 nitrogen and oxygen atoms in total. The number of hydrazone groups is 1. The number of amides is 1. The van der Waals surface area contributed by atoms with E-state index in [0.717, 1.165) is 10.0 Å². The summed E-state index contributed by atoms with van der Waals surface area (Å²) in [6, 6.07) is 2.99. The number of benzene rings is 1. The molecule has 1 aromatic carbocycles. The van der Waals surface area contributed by atoms with Crippen molar-refractivity contribution >= 4 is 28.1 Å². The average molecular weight is 434 g/mol. The quantitative estimate of drug-likeness (QED) is 0.551. The summed E-state index contributed by atoms with van der Waals surface area (Å²) in [7, 11) is 3.12. The van der Waals surface area contributed by atoms with Gasteiger partial charge in [-0.15, -0.1) is 0 Å². The first kappa shape index (κ1) is 19.1. The average Bonchev–Trinajstić information content (AvgIpc) is 3.10. The van der Waals surface area contributed by atoms with Gasteiger partial charge in [-0.05, 0) is 40.5 Å². The minimum absolute atomic E-state index is 0.0402. The van der Waals surface area contributed by atoms with Crippen LogP contribution in [0.1, 0.15) is 12.5 Å². The number of hydrogen-bond donors (Lipinski definition) is 1. The summed E-state index contributed by atoms with van der Waals surface area (Å²) in [6.45, 7) is 1.77. The summed E-state index contributed by atoms with van der Waals surface area (Å²) in [5, 5.41) is 14.0. The lowest BCUT2D eigenvalue weighted by Crippen LogP contribution is -2.46. The number of fused-ring (bicyclic) bond motifs is 1. The Morgan fingerprint density at radius 3 is 2.85 bits per heavy atom. The lowest BCUT2D eigenvalue weighted by Gasteiger charge is -2.27. The van der Waals surface area contributed by atoms with Crippen molar-refractivity contribution in [1.29, 1.82) is 0 Å². The molecular formula is C18H20BrN5O3. The van der Waals surface area contributed by atoms with E-state index >= 15 is 0 Å². The first-order valence-corrected chi connectivity index (χ1v) is 9.13. The molecule has 3 rings (SSSR count). The molecule has 9 heteroatoms. The molecule has 1 aliphatic carbocycles. The topological polar surface area (TPSA) is 87.9 Å². The predicted octanol–water partition coefficient (Wildman–Crippen LogP) is 2.85. The second-order valence-corrected chi connectivity index (χ2v) is 6.84. The zero-order valence-electron chi connectivity index (χ0n) is 15.2. The molecule has 1 N–H and O–H groups in total. The maximum Gasteiger partial charge on any atom is 0.264 e. The van der Waals surface area contributed by atoms with Crippen LogP contribution in [-0.4, -0.2) is 49.5 Å². The fourth-order valence-electron chi connectivity index (χ4n) is 2.85. The summed E-state index contributed by atoms with van der Waals surface area (Å²) >= 11 is 3.42. The van der Waals surface area contributed by atoms with Crippen molar-refractivity contribution in [3.63, 3.8) is 0 Å². The van der Waals surface area contributed by atoms with E-state index in [0.29, 0.717) is 11.5 Å². The number of carbonyl (C=O) groups excluding carboxylic acids is 1. The van der Waals surface area contributed by atoms with Gasteiger partial charge < -0.3 is 9.47 Å². The molecule has 0 saturated carbocycles. The first-order valence-electron chi connectivity index (χ1n) is 8.33. The molecule has 1 aliphatic heterocycles. The third-order valence-corrected chi connectivity index (χ3v) is 4.88. The molecule has 0 fully saturated rings. The number of halogens is 1. The second-order valence-electron chi connectivity index (χ2n) is 5.98. The summed E-state index contributed by atoms with van der Waals surface area (Å²) in [5.74, 6) is 0.887. The Balaban J connectivity index is 1.64. The fraction of sp³-hybridized carbons (Fsp3) is 0.333. The molecule has 27 heavy (non-hydrogen) atoms. The first-order chi connectivity index (χ1) is 13.0. The molecule has 0 aromatic heterocycles. The smallest absolute Gasteiger partial charge is 0.264 e. The van der Waals surface area contributed by atoms with Gasteiger partial charge in [0, 0.05) is 0 Å². The number of rotatable bonds is 6. The Morgan fingerprint density at radius 1 is 1.33 bits per heavy atom. The van der Waals surface area contributed by atoms with Crippen molar-refractivity contribution in [3.05, 3.63) is 46.5 Å². The maximum atomic E-state index is 12.4. The predicted molar refractivity (Wildman–Crippen MR) is 105 cm³/mol. The van der Waals surface area contributed by atoms with E-state index in [1.807, 2.05) is 30.4 Å². The Kier molecular flexibility index (Phi) is 5.90. The summed E-state index contributed by atoms with van der Waals surface area (Å²) in [4.78, 5) is 12.4. The van der Waals surface area contributed by atoms with Crippen molar-refractivity contribution in [3.8, 4) is 11.5 Å². The monoisotopic (exact) mass is 433 g/mol. The van der Waals surface area contributed by atoms with Crippen molar-refractivity contribution in [2.75, 3.05) is 14.2 Å². The van der Waals surface area contributed by atoms with E-state index in [9.17, 15) is 4.79 Å². The largest absolute Gasteiger partial charge is 0.493 e. The highest BCUT2D eigenvalue weighted by Gasteiger charge is 2.35. The number of methoxy groups -OCH3 is 2. The molecule has 1 heterocycles. The number of ether oxygens (including phenoxy) is 2. The number of hydrogen-bond acceptors (Lipinski definition) is 7. The van der Waals surface area contributed by atoms with Gasteiger partial charge in [0.15, 0.2) is 11.5 Å². The molecular weight excluding hydrogens is 414 g/mol. The van der Waals surface area contributed by atoms with Crippen LogP contribution < -0.4 is 14.9 Å². The zero-order valence-corrected chi connectivity index (χ0v) is 16.8. The number of carbonyl (C=O) groups is 1. The van der Waals surface area contributed by atoms with Crippen LogP contribution in [0.25, 0.3) is 0 Å². The lowest BCUT2D eigenvalue weighted by atomic mass is 10.0. The van der Waals surface area contributed by atoms with Crippen LogP contribution in [0.15, 0.2) is 56.3 Å². The fourth-order valence-corrected chi connectivity index (χ4v) is 3.47. The van der Waals surface area contributed by atoms with Gasteiger partial charge in [-0.1, -0.05) is 29.5 Å². The van der Waals surface area contributed by atoms with E-state index in [-0.39, 0.29) is 18.0 Å². The van der Waals surface area contributed by atoms with Gasteiger partial charge in [-0.3, -0.25) is 9.80 Å². The third kappa shape index (κ3) is 4.02. The van der Waals surface area contributed by atoms with Gasteiger partial charge >= 0.3 is 0 Å². The third-order valence-electron chi connectivity index (χ3n) is 4.29. The van der Waals surface area contributed by atoms with E-state index in [1.165, 1.54) is 6.21 Å². The Bertz CT molecular complexity index is 837. The molecule has 1 aromatic rings. The van der Waals surface area contributed by atoms with Gasteiger partial charge in [-0.2, -0.15) is 10.2 Å². The standard InChI is InChI=1S/C18H20BrN5O3/c1-11(24-15-7-5-4-6-14(15)21-23-24)18(25)22-20-10-12-8-13(19)17(27-3)16(9-12)26-2/h4-11,14-15H,1-3H3,(H,22,25)/b20-10-/t11-,14-,15-/m0/s1. The van der Waals surface area contributed by atoms with Gasteiger partial charge in [0.05, 0.1) is 30.9 Å². The Labute approximate surface area is 165 Å². The van der Waals surface area contributed by atoms with Gasteiger partial charge in [0.25, 0.3) is 5.91 Å². The minimum Gasteiger partial charge on any atom is -0.493 e. The van der Waals surface area contributed by atoms with Crippen molar-refractivity contribution in [1.82, 2.24) is 10.4 Å². The SMILES string of the molecule is COc1cc(/C=N\NC(=O)[C@H](C)N2N=N[C@H]3C=CC=C[C@@H]32)cc(Br)c1OC. The Hall–Kier alpha value is -2.68. The molecule has 2 aliphatic rings. The second kappa shape index (κ2) is 8.34. The van der Waals surface area contributed by atoms with Crippen LogP contribution in [0, 0.1) is 0 Å². The molecule has 3 atom stereocenters. The Morgan fingerprint density at radius 2 is 2.11 bits per heavy atom. The molecule has 0 radical (unpaired) electrons. The molecule has 0 saturated heterocycles. The van der Waals surface area contributed by atoms with E-state index < -0.39 is 6.04 Å². The summed E-state index contributed by atoms with van der Waals surface area (Å²) in [5.41, 5.74) is 3.29. The van der Waals surface area contributed by atoms with Gasteiger partial charge in [-0.25, -0.2) is 5.43 Å². The van der Waals surface area contributed by atoms with Crippen LogP contribution in [0.5, 0.6) is 11.5 Å². The van der Waals surface area contributed by atoms with E-state index in [2.05, 4.69) is 36.8 Å². The van der Waals surface area contributed by atoms with Crippen LogP contribution >= 0.6 is 15.9 Å².